The van der Waals surface area contributed by atoms with Gasteiger partial charge < -0.3 is 9.84 Å². The van der Waals surface area contributed by atoms with Crippen LogP contribution in [0.2, 0.25) is 0 Å². The highest BCUT2D eigenvalue weighted by atomic mass is 16.5. The molecule has 1 heterocycles. The Morgan fingerprint density at radius 1 is 1.58 bits per heavy atom. The molecule has 66 valence electrons. The van der Waals surface area contributed by atoms with Crippen molar-refractivity contribution in [2.75, 3.05) is 13.2 Å². The highest BCUT2D eigenvalue weighted by Gasteiger charge is 2.00. The van der Waals surface area contributed by atoms with Gasteiger partial charge in [0.15, 0.2) is 0 Å². The largest absolute Gasteiger partial charge is 0.493 e. The molecule has 0 amide bonds. The molecule has 12 heavy (non-hydrogen) atoms. The molecule has 1 aromatic rings. The molecule has 0 unspecified atom stereocenters. The van der Waals surface area contributed by atoms with Crippen LogP contribution in [0.1, 0.15) is 12.5 Å². The number of aliphatic hydroxyl groups excluding tert-OH is 1. The lowest BCUT2D eigenvalue weighted by molar-refractivity contribution is 0.292. The van der Waals surface area contributed by atoms with Crippen molar-refractivity contribution >= 4 is 0 Å². The molecule has 0 saturated carbocycles. The highest BCUT2D eigenvalue weighted by Crippen LogP contribution is 2.16. The molecule has 0 atom stereocenters. The molecule has 1 N–H and O–H groups in total. The number of ether oxygens (including phenoxy) is 1. The molecule has 0 aliphatic heterocycles. The second-order valence-corrected chi connectivity index (χ2v) is 2.39. The summed E-state index contributed by atoms with van der Waals surface area (Å²) >= 11 is 0. The summed E-state index contributed by atoms with van der Waals surface area (Å²) in [7, 11) is 0. The Kier molecular flexibility index (Phi) is 3.54. The van der Waals surface area contributed by atoms with Crippen LogP contribution in [0.4, 0.5) is 0 Å². The van der Waals surface area contributed by atoms with Gasteiger partial charge in [-0.3, -0.25) is 4.98 Å². The summed E-state index contributed by atoms with van der Waals surface area (Å²) in [5, 5.41) is 8.73. The van der Waals surface area contributed by atoms with Crippen LogP contribution >= 0.6 is 0 Å². The number of hydrogen-bond acceptors (Lipinski definition) is 3. The first kappa shape index (κ1) is 9.00. The van der Waals surface area contributed by atoms with Gasteiger partial charge in [-0.05, 0) is 13.0 Å². The Labute approximate surface area is 72.0 Å². The van der Waals surface area contributed by atoms with Crippen molar-refractivity contribution in [1.29, 1.82) is 0 Å². The van der Waals surface area contributed by atoms with Crippen LogP contribution in [0, 0.1) is 0 Å². The summed E-state index contributed by atoms with van der Waals surface area (Å²) in [5.74, 6) is 0.821. The van der Waals surface area contributed by atoms with E-state index in [1.54, 1.807) is 12.4 Å². The van der Waals surface area contributed by atoms with E-state index in [0.717, 1.165) is 11.3 Å². The van der Waals surface area contributed by atoms with E-state index in [0.29, 0.717) is 13.0 Å². The average molecular weight is 167 g/mol. The Hall–Kier alpha value is -1.09. The van der Waals surface area contributed by atoms with E-state index in [1.165, 1.54) is 0 Å². The molecule has 3 nitrogen and oxygen atoms in total. The fourth-order valence-corrected chi connectivity index (χ4v) is 1.02. The van der Waals surface area contributed by atoms with Gasteiger partial charge in [-0.15, -0.1) is 0 Å². The van der Waals surface area contributed by atoms with Crippen molar-refractivity contribution in [2.24, 2.45) is 0 Å². The predicted molar refractivity (Wildman–Crippen MR) is 46.2 cm³/mol. The van der Waals surface area contributed by atoms with Crippen LogP contribution in [0.3, 0.4) is 0 Å². The SMILES string of the molecule is CCOc1ccncc1CCO. The summed E-state index contributed by atoms with van der Waals surface area (Å²) in [6, 6.07) is 1.81. The standard InChI is InChI=1S/C9H13NO2/c1-2-12-9-3-5-10-7-8(9)4-6-11/h3,5,7,11H,2,4,6H2,1H3. The molecule has 0 spiro atoms. The molecule has 0 radical (unpaired) electrons. The highest BCUT2D eigenvalue weighted by molar-refractivity contribution is 5.30. The first-order valence-electron chi connectivity index (χ1n) is 4.05. The summed E-state index contributed by atoms with van der Waals surface area (Å²) in [6.07, 6.45) is 4.01. The van der Waals surface area contributed by atoms with Gasteiger partial charge in [-0.2, -0.15) is 0 Å². The summed E-state index contributed by atoms with van der Waals surface area (Å²) in [6.45, 7) is 2.71. The molecule has 0 aliphatic rings. The van der Waals surface area contributed by atoms with Gasteiger partial charge in [-0.1, -0.05) is 0 Å². The van der Waals surface area contributed by atoms with Crippen molar-refractivity contribution in [3.63, 3.8) is 0 Å². The second kappa shape index (κ2) is 4.72. The molecule has 1 rings (SSSR count). The van der Waals surface area contributed by atoms with Gasteiger partial charge in [-0.25, -0.2) is 0 Å². The number of aliphatic hydroxyl groups is 1. The minimum atomic E-state index is 0.131. The van der Waals surface area contributed by atoms with E-state index in [-0.39, 0.29) is 6.61 Å². The third-order valence-corrected chi connectivity index (χ3v) is 1.54. The fraction of sp³-hybridized carbons (Fsp3) is 0.444. The third kappa shape index (κ3) is 2.20. The van der Waals surface area contributed by atoms with E-state index in [1.807, 2.05) is 13.0 Å². The van der Waals surface area contributed by atoms with Gasteiger partial charge in [0.2, 0.25) is 0 Å². The Bertz CT molecular complexity index is 213. The third-order valence-electron chi connectivity index (χ3n) is 1.54. The Morgan fingerprint density at radius 2 is 2.42 bits per heavy atom. The number of aromatic nitrogens is 1. The van der Waals surface area contributed by atoms with E-state index in [4.69, 9.17) is 9.84 Å². The summed E-state index contributed by atoms with van der Waals surface area (Å²) in [5.41, 5.74) is 0.960. The molecular weight excluding hydrogens is 154 g/mol. The minimum absolute atomic E-state index is 0.131. The van der Waals surface area contributed by atoms with Crippen LogP contribution in [0.15, 0.2) is 18.5 Å². The number of pyridine rings is 1. The average Bonchev–Trinajstić information content (AvgIpc) is 2.09. The van der Waals surface area contributed by atoms with Crippen molar-refractivity contribution in [1.82, 2.24) is 4.98 Å². The van der Waals surface area contributed by atoms with Gasteiger partial charge in [0.05, 0.1) is 6.61 Å². The molecule has 0 bridgehead atoms. The Balaban J connectivity index is 2.77. The number of hydrogen-bond donors (Lipinski definition) is 1. The van der Waals surface area contributed by atoms with Gasteiger partial charge in [0.25, 0.3) is 0 Å². The summed E-state index contributed by atoms with van der Waals surface area (Å²) < 4.78 is 5.34. The zero-order valence-corrected chi connectivity index (χ0v) is 7.16. The maximum absolute atomic E-state index is 8.73. The number of rotatable bonds is 4. The maximum atomic E-state index is 8.73. The van der Waals surface area contributed by atoms with Gasteiger partial charge >= 0.3 is 0 Å². The topological polar surface area (TPSA) is 42.4 Å². The van der Waals surface area contributed by atoms with E-state index in [2.05, 4.69) is 4.98 Å². The molecule has 0 aromatic carbocycles. The lowest BCUT2D eigenvalue weighted by atomic mass is 10.2. The van der Waals surface area contributed by atoms with Crippen molar-refractivity contribution in [2.45, 2.75) is 13.3 Å². The van der Waals surface area contributed by atoms with E-state index < -0.39 is 0 Å². The number of nitrogens with zero attached hydrogens (tertiary/aromatic N) is 1. The first-order chi connectivity index (χ1) is 5.88. The molecule has 0 aliphatic carbocycles. The van der Waals surface area contributed by atoms with Crippen LogP contribution in [0.5, 0.6) is 5.75 Å². The van der Waals surface area contributed by atoms with Crippen molar-refractivity contribution in [3.8, 4) is 5.75 Å². The van der Waals surface area contributed by atoms with Crippen molar-refractivity contribution < 1.29 is 9.84 Å². The first-order valence-corrected chi connectivity index (χ1v) is 4.05. The maximum Gasteiger partial charge on any atom is 0.125 e. The van der Waals surface area contributed by atoms with Crippen LogP contribution < -0.4 is 4.74 Å². The normalized spacial score (nSPS) is 9.83. The lowest BCUT2D eigenvalue weighted by Gasteiger charge is -2.07. The Morgan fingerprint density at radius 3 is 3.08 bits per heavy atom. The quantitative estimate of drug-likeness (QED) is 0.727. The van der Waals surface area contributed by atoms with E-state index >= 15 is 0 Å². The zero-order valence-electron chi connectivity index (χ0n) is 7.16. The fourth-order valence-electron chi connectivity index (χ4n) is 1.02. The molecular formula is C9H13NO2. The molecule has 3 heteroatoms. The van der Waals surface area contributed by atoms with E-state index in [9.17, 15) is 0 Å². The molecule has 0 saturated heterocycles. The van der Waals surface area contributed by atoms with Gasteiger partial charge in [0.1, 0.15) is 5.75 Å². The monoisotopic (exact) mass is 167 g/mol. The van der Waals surface area contributed by atoms with Crippen LogP contribution in [-0.4, -0.2) is 23.3 Å². The molecule has 0 fully saturated rings. The van der Waals surface area contributed by atoms with Crippen LogP contribution in [-0.2, 0) is 6.42 Å². The minimum Gasteiger partial charge on any atom is -0.493 e. The summed E-state index contributed by atoms with van der Waals surface area (Å²) in [4.78, 5) is 3.96. The van der Waals surface area contributed by atoms with Gasteiger partial charge in [0, 0.05) is 31.0 Å². The second-order valence-electron chi connectivity index (χ2n) is 2.39. The van der Waals surface area contributed by atoms with Crippen LogP contribution in [0.25, 0.3) is 0 Å². The lowest BCUT2D eigenvalue weighted by Crippen LogP contribution is -1.99. The predicted octanol–water partition coefficient (Wildman–Crippen LogP) is 1.02. The van der Waals surface area contributed by atoms with Crippen molar-refractivity contribution in [3.05, 3.63) is 24.0 Å². The molecule has 1 aromatic heterocycles. The zero-order chi connectivity index (χ0) is 8.81. The smallest absolute Gasteiger partial charge is 0.125 e.